The Hall–Kier alpha value is -2.06. The topological polar surface area (TPSA) is 52.7 Å². The Bertz CT molecular complexity index is 729. The Labute approximate surface area is 160 Å². The molecule has 1 N–H and O–H groups in total. The number of thiophene rings is 1. The molecular formula is C18H20FN3O2S2. The fourth-order valence-electron chi connectivity index (χ4n) is 2.62. The van der Waals surface area contributed by atoms with Crippen LogP contribution in [0.25, 0.3) is 0 Å². The van der Waals surface area contributed by atoms with Crippen LogP contribution >= 0.6 is 23.1 Å². The third kappa shape index (κ3) is 5.22. The van der Waals surface area contributed by atoms with Gasteiger partial charge in [-0.15, -0.1) is 23.1 Å². The van der Waals surface area contributed by atoms with Crippen molar-refractivity contribution in [3.8, 4) is 0 Å². The molecule has 0 saturated carbocycles. The number of nitrogens with one attached hydrogen (secondary N) is 1. The summed E-state index contributed by atoms with van der Waals surface area (Å²) in [4.78, 5) is 29.3. The van der Waals surface area contributed by atoms with E-state index in [1.54, 1.807) is 28.0 Å². The molecule has 1 aromatic carbocycles. The van der Waals surface area contributed by atoms with E-state index in [1.807, 2.05) is 16.3 Å². The van der Waals surface area contributed by atoms with Gasteiger partial charge in [0.2, 0.25) is 5.91 Å². The van der Waals surface area contributed by atoms with Gasteiger partial charge in [-0.25, -0.2) is 9.18 Å². The average molecular weight is 394 g/mol. The molecule has 138 valence electrons. The van der Waals surface area contributed by atoms with E-state index in [9.17, 15) is 14.0 Å². The predicted molar refractivity (Wildman–Crippen MR) is 104 cm³/mol. The zero-order valence-electron chi connectivity index (χ0n) is 14.2. The van der Waals surface area contributed by atoms with Crippen LogP contribution in [0.2, 0.25) is 0 Å². The van der Waals surface area contributed by atoms with E-state index in [2.05, 4.69) is 11.4 Å². The molecule has 1 aromatic heterocycles. The number of hydrogen-bond donors (Lipinski definition) is 1. The highest BCUT2D eigenvalue weighted by molar-refractivity contribution is 7.99. The number of thioether (sulfide) groups is 1. The number of nitrogens with zero attached hydrogens (tertiary/aromatic N) is 2. The normalized spacial score (nSPS) is 14.3. The van der Waals surface area contributed by atoms with Gasteiger partial charge in [0.05, 0.1) is 5.75 Å². The molecule has 0 unspecified atom stereocenters. The van der Waals surface area contributed by atoms with Crippen molar-refractivity contribution in [1.29, 1.82) is 0 Å². The maximum atomic E-state index is 12.9. The highest BCUT2D eigenvalue weighted by atomic mass is 32.2. The molecule has 1 saturated heterocycles. The fraction of sp³-hybridized carbons (Fsp3) is 0.333. The first-order chi connectivity index (χ1) is 12.6. The number of carbonyl (C=O) groups is 2. The molecular weight excluding hydrogens is 373 g/mol. The molecule has 2 aromatic rings. The van der Waals surface area contributed by atoms with Gasteiger partial charge < -0.3 is 15.1 Å². The number of benzene rings is 1. The maximum absolute atomic E-state index is 12.9. The van der Waals surface area contributed by atoms with Crippen molar-refractivity contribution in [2.75, 3.05) is 37.2 Å². The molecule has 3 rings (SSSR count). The van der Waals surface area contributed by atoms with Crippen LogP contribution in [-0.4, -0.2) is 53.7 Å². The first kappa shape index (κ1) is 18.7. The Balaban J connectivity index is 1.39. The lowest BCUT2D eigenvalue weighted by atomic mass is 10.3. The third-order valence-electron chi connectivity index (χ3n) is 4.07. The second kappa shape index (κ2) is 9.05. The average Bonchev–Trinajstić information content (AvgIpc) is 3.17. The summed E-state index contributed by atoms with van der Waals surface area (Å²) < 4.78 is 12.9. The van der Waals surface area contributed by atoms with Crippen LogP contribution < -0.4 is 5.32 Å². The third-order valence-corrected chi connectivity index (χ3v) is 6.09. The molecule has 0 spiro atoms. The van der Waals surface area contributed by atoms with E-state index < -0.39 is 0 Å². The maximum Gasteiger partial charge on any atom is 0.321 e. The van der Waals surface area contributed by atoms with Crippen molar-refractivity contribution < 1.29 is 14.0 Å². The van der Waals surface area contributed by atoms with Gasteiger partial charge in [0.1, 0.15) is 5.82 Å². The minimum Gasteiger partial charge on any atom is -0.338 e. The highest BCUT2D eigenvalue weighted by Crippen LogP contribution is 2.18. The molecule has 0 atom stereocenters. The monoisotopic (exact) mass is 393 g/mol. The van der Waals surface area contributed by atoms with Crippen LogP contribution in [0.5, 0.6) is 0 Å². The van der Waals surface area contributed by atoms with Crippen molar-refractivity contribution in [2.24, 2.45) is 0 Å². The van der Waals surface area contributed by atoms with Gasteiger partial charge in [-0.3, -0.25) is 4.79 Å². The van der Waals surface area contributed by atoms with Crippen LogP contribution in [0, 0.1) is 5.82 Å². The summed E-state index contributed by atoms with van der Waals surface area (Å²) in [5.41, 5.74) is 0.555. The van der Waals surface area contributed by atoms with Crippen molar-refractivity contribution >= 4 is 40.7 Å². The van der Waals surface area contributed by atoms with Gasteiger partial charge in [0.25, 0.3) is 0 Å². The standard InChI is InChI=1S/C18H20FN3O2S2/c19-14-3-5-15(6-4-14)20-18(24)22-9-7-21(8-10-22)17(23)13-25-12-16-2-1-11-26-16/h1-6,11H,7-10,12-13H2,(H,20,24). The van der Waals surface area contributed by atoms with Crippen LogP contribution in [-0.2, 0) is 10.5 Å². The zero-order valence-corrected chi connectivity index (χ0v) is 15.8. The van der Waals surface area contributed by atoms with Gasteiger partial charge in [-0.2, -0.15) is 0 Å². The van der Waals surface area contributed by atoms with E-state index in [4.69, 9.17) is 0 Å². The lowest BCUT2D eigenvalue weighted by Crippen LogP contribution is -2.52. The quantitative estimate of drug-likeness (QED) is 0.846. The second-order valence-corrected chi connectivity index (χ2v) is 7.89. The summed E-state index contributed by atoms with van der Waals surface area (Å²) in [6.45, 7) is 2.06. The predicted octanol–water partition coefficient (Wildman–Crippen LogP) is 3.50. The van der Waals surface area contributed by atoms with Gasteiger partial charge in [0, 0.05) is 42.5 Å². The number of amides is 3. The summed E-state index contributed by atoms with van der Waals surface area (Å²) in [7, 11) is 0. The Morgan fingerprint density at radius 1 is 1.08 bits per heavy atom. The van der Waals surface area contributed by atoms with Crippen molar-refractivity contribution in [3.63, 3.8) is 0 Å². The Morgan fingerprint density at radius 3 is 2.42 bits per heavy atom. The molecule has 2 heterocycles. The van der Waals surface area contributed by atoms with Gasteiger partial charge in [0.15, 0.2) is 0 Å². The minimum absolute atomic E-state index is 0.116. The van der Waals surface area contributed by atoms with Gasteiger partial charge in [-0.05, 0) is 35.7 Å². The lowest BCUT2D eigenvalue weighted by molar-refractivity contribution is -0.129. The molecule has 1 aliphatic heterocycles. The van der Waals surface area contributed by atoms with Crippen LogP contribution in [0.1, 0.15) is 4.88 Å². The molecule has 3 amide bonds. The summed E-state index contributed by atoms with van der Waals surface area (Å²) in [6, 6.07) is 9.52. The SMILES string of the molecule is O=C(CSCc1cccs1)N1CCN(C(=O)Nc2ccc(F)cc2)CC1. The number of halogens is 1. The van der Waals surface area contributed by atoms with E-state index in [-0.39, 0.29) is 17.8 Å². The number of hydrogen-bond acceptors (Lipinski definition) is 4. The van der Waals surface area contributed by atoms with E-state index in [1.165, 1.54) is 29.1 Å². The van der Waals surface area contributed by atoms with E-state index >= 15 is 0 Å². The number of piperazine rings is 1. The number of carbonyl (C=O) groups excluding carboxylic acids is 2. The van der Waals surface area contributed by atoms with Gasteiger partial charge >= 0.3 is 6.03 Å². The largest absolute Gasteiger partial charge is 0.338 e. The van der Waals surface area contributed by atoms with Crippen LogP contribution in [0.15, 0.2) is 41.8 Å². The highest BCUT2D eigenvalue weighted by Gasteiger charge is 2.24. The summed E-state index contributed by atoms with van der Waals surface area (Å²) in [6.07, 6.45) is 0. The van der Waals surface area contributed by atoms with Crippen LogP contribution in [0.3, 0.4) is 0 Å². The summed E-state index contributed by atoms with van der Waals surface area (Å²) in [5, 5.41) is 4.78. The minimum atomic E-state index is -0.341. The first-order valence-electron chi connectivity index (χ1n) is 8.31. The molecule has 0 bridgehead atoms. The number of rotatable bonds is 5. The molecule has 5 nitrogen and oxygen atoms in total. The van der Waals surface area contributed by atoms with Crippen molar-refractivity contribution in [3.05, 3.63) is 52.5 Å². The molecule has 8 heteroatoms. The van der Waals surface area contributed by atoms with Crippen molar-refractivity contribution in [1.82, 2.24) is 9.80 Å². The molecule has 1 fully saturated rings. The van der Waals surface area contributed by atoms with Crippen molar-refractivity contribution in [2.45, 2.75) is 5.75 Å². The Morgan fingerprint density at radius 2 is 1.77 bits per heavy atom. The fourth-order valence-corrected chi connectivity index (χ4v) is 4.39. The molecule has 0 aliphatic carbocycles. The van der Waals surface area contributed by atoms with Gasteiger partial charge in [-0.1, -0.05) is 6.07 Å². The van der Waals surface area contributed by atoms with E-state index in [0.29, 0.717) is 37.6 Å². The Kier molecular flexibility index (Phi) is 6.51. The first-order valence-corrected chi connectivity index (χ1v) is 10.3. The smallest absolute Gasteiger partial charge is 0.321 e. The molecule has 0 radical (unpaired) electrons. The zero-order chi connectivity index (χ0) is 18.4. The summed E-state index contributed by atoms with van der Waals surface area (Å²) >= 11 is 3.32. The summed E-state index contributed by atoms with van der Waals surface area (Å²) in [5.74, 6) is 1.08. The lowest BCUT2D eigenvalue weighted by Gasteiger charge is -2.34. The van der Waals surface area contributed by atoms with E-state index in [0.717, 1.165) is 5.75 Å². The van der Waals surface area contributed by atoms with Crippen LogP contribution in [0.4, 0.5) is 14.9 Å². The second-order valence-electron chi connectivity index (χ2n) is 5.88. The number of anilines is 1. The number of urea groups is 1. The molecule has 1 aliphatic rings. The molecule has 26 heavy (non-hydrogen) atoms.